The summed E-state index contributed by atoms with van der Waals surface area (Å²) in [5, 5.41) is 12.2. The van der Waals surface area contributed by atoms with Crippen molar-refractivity contribution in [2.75, 3.05) is 17.4 Å². The first-order chi connectivity index (χ1) is 17.4. The summed E-state index contributed by atoms with van der Waals surface area (Å²) in [5.41, 5.74) is 4.57. The SMILES string of the molecule is Cc1c(Cl)cccc1N1CSC2=C(C#N)[C@H](c3ccc(OCc4ccc(Cl)cc4)cc3)CC(=O)N2C1. The average molecular weight is 536 g/mol. The molecule has 0 aliphatic carbocycles. The molecule has 0 aromatic heterocycles. The maximum absolute atomic E-state index is 13.2. The number of carbonyl (C=O) groups is 1. The average Bonchev–Trinajstić information content (AvgIpc) is 2.90. The van der Waals surface area contributed by atoms with Gasteiger partial charge in [0, 0.05) is 28.1 Å². The largest absolute Gasteiger partial charge is 0.489 e. The highest BCUT2D eigenvalue weighted by Gasteiger charge is 2.38. The van der Waals surface area contributed by atoms with Gasteiger partial charge in [0.25, 0.3) is 0 Å². The van der Waals surface area contributed by atoms with Crippen LogP contribution in [0.5, 0.6) is 5.75 Å². The molecule has 2 aliphatic rings. The Hall–Kier alpha value is -3.11. The number of nitriles is 1. The zero-order chi connectivity index (χ0) is 25.2. The van der Waals surface area contributed by atoms with Gasteiger partial charge in [0.05, 0.1) is 29.2 Å². The van der Waals surface area contributed by atoms with Crippen LogP contribution in [0.1, 0.15) is 29.0 Å². The van der Waals surface area contributed by atoms with Gasteiger partial charge >= 0.3 is 0 Å². The molecule has 0 bridgehead atoms. The van der Waals surface area contributed by atoms with Crippen LogP contribution in [0, 0.1) is 18.3 Å². The van der Waals surface area contributed by atoms with E-state index >= 15 is 0 Å². The van der Waals surface area contributed by atoms with Crippen molar-refractivity contribution in [3.8, 4) is 11.8 Å². The molecule has 3 aromatic carbocycles. The molecule has 0 N–H and O–H groups in total. The Balaban J connectivity index is 1.33. The van der Waals surface area contributed by atoms with E-state index in [4.69, 9.17) is 27.9 Å². The lowest BCUT2D eigenvalue weighted by atomic mass is 9.86. The van der Waals surface area contributed by atoms with Gasteiger partial charge in [0.15, 0.2) is 0 Å². The van der Waals surface area contributed by atoms with Gasteiger partial charge in [0.1, 0.15) is 12.4 Å². The van der Waals surface area contributed by atoms with Crippen molar-refractivity contribution in [2.45, 2.75) is 25.9 Å². The number of thioether (sulfide) groups is 1. The maximum atomic E-state index is 13.2. The summed E-state index contributed by atoms with van der Waals surface area (Å²) in [5.74, 6) is 1.10. The van der Waals surface area contributed by atoms with Crippen LogP contribution in [0.25, 0.3) is 0 Å². The summed E-state index contributed by atoms with van der Waals surface area (Å²) in [6, 6.07) is 23.4. The van der Waals surface area contributed by atoms with Gasteiger partial charge in [-0.2, -0.15) is 5.26 Å². The number of amides is 1. The van der Waals surface area contributed by atoms with Crippen LogP contribution in [-0.4, -0.2) is 23.4 Å². The minimum Gasteiger partial charge on any atom is -0.489 e. The lowest BCUT2D eigenvalue weighted by Crippen LogP contribution is -2.47. The van der Waals surface area contributed by atoms with Gasteiger partial charge in [-0.25, -0.2) is 0 Å². The van der Waals surface area contributed by atoms with E-state index in [1.165, 1.54) is 11.8 Å². The van der Waals surface area contributed by atoms with E-state index in [2.05, 4.69) is 11.0 Å². The number of hydrogen-bond acceptors (Lipinski definition) is 5. The van der Waals surface area contributed by atoms with Gasteiger partial charge < -0.3 is 9.64 Å². The molecule has 5 nitrogen and oxygen atoms in total. The molecule has 0 saturated carbocycles. The molecule has 0 unspecified atom stereocenters. The molecule has 3 aromatic rings. The van der Waals surface area contributed by atoms with E-state index in [1.807, 2.05) is 73.7 Å². The second-order valence-corrected chi connectivity index (χ2v) is 10.5. The van der Waals surface area contributed by atoms with Crippen LogP contribution < -0.4 is 9.64 Å². The standard InChI is InChI=1S/C28H23Cl2N3O2S/c1-18-25(30)3-2-4-26(18)32-16-33-27(34)13-23(24(14-31)28(33)36-17-32)20-7-11-22(12-8-20)35-15-19-5-9-21(29)10-6-19/h2-12,23H,13,15-17H2,1H3/t23-/m0/s1. The summed E-state index contributed by atoms with van der Waals surface area (Å²) in [7, 11) is 0. The predicted molar refractivity (Wildman–Crippen MR) is 145 cm³/mol. The smallest absolute Gasteiger partial charge is 0.229 e. The number of hydrogen-bond donors (Lipinski definition) is 0. The van der Waals surface area contributed by atoms with Crippen molar-refractivity contribution in [3.63, 3.8) is 0 Å². The summed E-state index contributed by atoms with van der Waals surface area (Å²) in [6.45, 7) is 2.81. The number of benzene rings is 3. The van der Waals surface area contributed by atoms with Crippen molar-refractivity contribution in [1.82, 2.24) is 4.90 Å². The van der Waals surface area contributed by atoms with Crippen LogP contribution >= 0.6 is 35.0 Å². The zero-order valence-corrected chi connectivity index (χ0v) is 21.9. The third kappa shape index (κ3) is 4.92. The van der Waals surface area contributed by atoms with E-state index in [-0.39, 0.29) is 18.2 Å². The summed E-state index contributed by atoms with van der Waals surface area (Å²) < 4.78 is 5.89. The van der Waals surface area contributed by atoms with Gasteiger partial charge in [-0.1, -0.05) is 65.3 Å². The fourth-order valence-electron chi connectivity index (χ4n) is 4.48. The van der Waals surface area contributed by atoms with Gasteiger partial charge in [-0.3, -0.25) is 9.69 Å². The van der Waals surface area contributed by atoms with E-state index in [0.29, 0.717) is 34.8 Å². The first kappa shape index (κ1) is 24.6. The van der Waals surface area contributed by atoms with Crippen molar-refractivity contribution >= 4 is 46.6 Å². The molecule has 1 fully saturated rings. The Kier molecular flexibility index (Phi) is 7.15. The Morgan fingerprint density at radius 3 is 2.56 bits per heavy atom. The lowest BCUT2D eigenvalue weighted by Gasteiger charge is -2.42. The van der Waals surface area contributed by atoms with Gasteiger partial charge in [-0.15, -0.1) is 0 Å². The molecule has 2 heterocycles. The minimum atomic E-state index is -0.272. The van der Waals surface area contributed by atoms with Crippen LogP contribution in [0.2, 0.25) is 10.0 Å². The maximum Gasteiger partial charge on any atom is 0.229 e. The summed E-state index contributed by atoms with van der Waals surface area (Å²) >= 11 is 13.8. The van der Waals surface area contributed by atoms with Gasteiger partial charge in [0.2, 0.25) is 5.91 Å². The zero-order valence-electron chi connectivity index (χ0n) is 19.6. The first-order valence-corrected chi connectivity index (χ1v) is 13.2. The van der Waals surface area contributed by atoms with Crippen LogP contribution in [0.3, 0.4) is 0 Å². The second-order valence-electron chi connectivity index (χ2n) is 8.73. The fourth-order valence-corrected chi connectivity index (χ4v) is 5.94. The van der Waals surface area contributed by atoms with Gasteiger partial charge in [-0.05, 0) is 60.0 Å². The lowest BCUT2D eigenvalue weighted by molar-refractivity contribution is -0.129. The Morgan fingerprint density at radius 1 is 1.08 bits per heavy atom. The second kappa shape index (κ2) is 10.5. The predicted octanol–water partition coefficient (Wildman–Crippen LogP) is 7.10. The van der Waals surface area contributed by atoms with E-state index in [1.54, 1.807) is 4.90 Å². The third-order valence-corrected chi connectivity index (χ3v) is 8.29. The highest BCUT2D eigenvalue weighted by atomic mass is 35.5. The van der Waals surface area contributed by atoms with Crippen LogP contribution in [-0.2, 0) is 11.4 Å². The molecule has 182 valence electrons. The highest BCUT2D eigenvalue weighted by molar-refractivity contribution is 8.03. The number of ether oxygens (including phenoxy) is 1. The Labute approximate surface area is 224 Å². The Morgan fingerprint density at radius 2 is 1.83 bits per heavy atom. The van der Waals surface area contributed by atoms with Crippen LogP contribution in [0.4, 0.5) is 5.69 Å². The molecule has 0 radical (unpaired) electrons. The fraction of sp³-hybridized carbons (Fsp3) is 0.214. The molecular weight excluding hydrogens is 513 g/mol. The van der Waals surface area contributed by atoms with E-state index in [9.17, 15) is 10.1 Å². The van der Waals surface area contributed by atoms with Crippen molar-refractivity contribution in [1.29, 1.82) is 5.26 Å². The molecular formula is C28H23Cl2N3O2S. The van der Waals surface area contributed by atoms with E-state index in [0.717, 1.165) is 33.2 Å². The van der Waals surface area contributed by atoms with Crippen molar-refractivity contribution in [3.05, 3.63) is 104 Å². The number of anilines is 1. The topological polar surface area (TPSA) is 56.6 Å². The third-order valence-electron chi connectivity index (χ3n) is 6.47. The van der Waals surface area contributed by atoms with E-state index < -0.39 is 0 Å². The van der Waals surface area contributed by atoms with Crippen LogP contribution in [0.15, 0.2) is 77.3 Å². The quantitative estimate of drug-likeness (QED) is 0.348. The number of nitrogens with zero attached hydrogens (tertiary/aromatic N) is 3. The summed E-state index contributed by atoms with van der Waals surface area (Å²) in [4.78, 5) is 17.1. The Bertz CT molecular complexity index is 1370. The normalized spacial score (nSPS) is 17.6. The highest BCUT2D eigenvalue weighted by Crippen LogP contribution is 2.44. The number of allylic oxidation sites excluding steroid dienone is 1. The summed E-state index contributed by atoms with van der Waals surface area (Å²) in [6.07, 6.45) is 0.250. The monoisotopic (exact) mass is 535 g/mol. The minimum absolute atomic E-state index is 0.00828. The number of fused-ring (bicyclic) bond motifs is 1. The molecule has 1 atom stereocenters. The first-order valence-electron chi connectivity index (χ1n) is 11.5. The molecule has 1 saturated heterocycles. The molecule has 1 amide bonds. The van der Waals surface area contributed by atoms with Crippen molar-refractivity contribution in [2.24, 2.45) is 0 Å². The molecule has 8 heteroatoms. The number of carbonyl (C=O) groups excluding carboxylic acids is 1. The molecule has 2 aliphatic heterocycles. The number of halogens is 2. The molecule has 0 spiro atoms. The molecule has 5 rings (SSSR count). The molecule has 36 heavy (non-hydrogen) atoms. The van der Waals surface area contributed by atoms with Crippen molar-refractivity contribution < 1.29 is 9.53 Å². The number of rotatable bonds is 5.